The molecule has 0 fully saturated rings. The molecule has 7 heteroatoms. The summed E-state index contributed by atoms with van der Waals surface area (Å²) >= 11 is 0. The summed E-state index contributed by atoms with van der Waals surface area (Å²) in [5, 5.41) is 2.60. The molecule has 6 nitrogen and oxygen atoms in total. The number of aromatic nitrogens is 1. The van der Waals surface area contributed by atoms with Crippen molar-refractivity contribution in [2.75, 3.05) is 0 Å². The largest absolute Gasteiger partial charge is 0.368 e. The number of carbonyl (C=O) groups is 2. The van der Waals surface area contributed by atoms with Crippen molar-refractivity contribution in [2.45, 2.75) is 13.1 Å². The number of hydrogen-bond donors (Lipinski definition) is 2. The zero-order valence-corrected chi connectivity index (χ0v) is 11.6. The van der Waals surface area contributed by atoms with Gasteiger partial charge in [0, 0.05) is 12.6 Å². The van der Waals surface area contributed by atoms with Gasteiger partial charge in [-0.2, -0.15) is 0 Å². The van der Waals surface area contributed by atoms with E-state index in [0.717, 1.165) is 4.57 Å². The molecule has 0 bridgehead atoms. The number of primary amides is 1. The normalized spacial score (nSPS) is 10.2. The summed E-state index contributed by atoms with van der Waals surface area (Å²) in [4.78, 5) is 34.9. The lowest BCUT2D eigenvalue weighted by molar-refractivity contribution is -0.118. The van der Waals surface area contributed by atoms with Crippen LogP contribution in [0.4, 0.5) is 4.39 Å². The number of amides is 2. The van der Waals surface area contributed by atoms with Gasteiger partial charge >= 0.3 is 0 Å². The lowest BCUT2D eigenvalue weighted by atomic mass is 10.2. The Kier molecular flexibility index (Phi) is 4.67. The van der Waals surface area contributed by atoms with Crippen molar-refractivity contribution in [3.63, 3.8) is 0 Å². The third kappa shape index (κ3) is 3.78. The van der Waals surface area contributed by atoms with E-state index in [-0.39, 0.29) is 24.6 Å². The summed E-state index contributed by atoms with van der Waals surface area (Å²) in [5.74, 6) is -1.61. The van der Waals surface area contributed by atoms with Gasteiger partial charge in [-0.25, -0.2) is 4.39 Å². The number of rotatable bonds is 5. The Balaban J connectivity index is 2.15. The molecule has 22 heavy (non-hydrogen) atoms. The molecule has 114 valence electrons. The second kappa shape index (κ2) is 6.66. The Labute approximate surface area is 125 Å². The monoisotopic (exact) mass is 303 g/mol. The summed E-state index contributed by atoms with van der Waals surface area (Å²) < 4.78 is 13.8. The number of nitrogens with two attached hydrogens (primary N) is 1. The highest BCUT2D eigenvalue weighted by molar-refractivity contribution is 5.93. The summed E-state index contributed by atoms with van der Waals surface area (Å²) in [5.41, 5.74) is 5.32. The number of benzene rings is 1. The SMILES string of the molecule is NC(=O)Cn1c(C(=O)NCc2ccc(F)cc2)cccc1=O. The van der Waals surface area contributed by atoms with Gasteiger partial charge in [0.25, 0.3) is 11.5 Å². The third-order valence-electron chi connectivity index (χ3n) is 2.96. The molecule has 0 atom stereocenters. The van der Waals surface area contributed by atoms with E-state index in [1.165, 1.54) is 42.5 Å². The van der Waals surface area contributed by atoms with E-state index in [9.17, 15) is 18.8 Å². The average molecular weight is 303 g/mol. The first-order valence-corrected chi connectivity index (χ1v) is 6.48. The van der Waals surface area contributed by atoms with E-state index in [1.807, 2.05) is 0 Å². The Morgan fingerprint density at radius 3 is 2.45 bits per heavy atom. The smallest absolute Gasteiger partial charge is 0.268 e. The van der Waals surface area contributed by atoms with Crippen molar-refractivity contribution >= 4 is 11.8 Å². The van der Waals surface area contributed by atoms with Gasteiger partial charge in [-0.15, -0.1) is 0 Å². The van der Waals surface area contributed by atoms with Gasteiger partial charge in [0.15, 0.2) is 0 Å². The van der Waals surface area contributed by atoms with Gasteiger partial charge in [0.2, 0.25) is 5.91 Å². The lowest BCUT2D eigenvalue weighted by Gasteiger charge is -2.11. The zero-order valence-electron chi connectivity index (χ0n) is 11.6. The number of nitrogens with one attached hydrogen (secondary N) is 1. The number of carbonyl (C=O) groups excluding carboxylic acids is 2. The van der Waals surface area contributed by atoms with Crippen molar-refractivity contribution in [3.8, 4) is 0 Å². The molecule has 0 aliphatic carbocycles. The van der Waals surface area contributed by atoms with Crippen LogP contribution in [0.15, 0.2) is 47.3 Å². The Morgan fingerprint density at radius 2 is 1.82 bits per heavy atom. The minimum atomic E-state index is -0.721. The fourth-order valence-corrected chi connectivity index (χ4v) is 1.91. The first-order chi connectivity index (χ1) is 10.5. The topological polar surface area (TPSA) is 94.2 Å². The first-order valence-electron chi connectivity index (χ1n) is 6.48. The summed E-state index contributed by atoms with van der Waals surface area (Å²) in [6.07, 6.45) is 0. The minimum absolute atomic E-state index is 0.0356. The Morgan fingerprint density at radius 1 is 1.14 bits per heavy atom. The van der Waals surface area contributed by atoms with Gasteiger partial charge in [0.1, 0.15) is 18.1 Å². The fraction of sp³-hybridized carbons (Fsp3) is 0.133. The minimum Gasteiger partial charge on any atom is -0.368 e. The second-order valence-electron chi connectivity index (χ2n) is 4.61. The van der Waals surface area contributed by atoms with Crippen molar-refractivity contribution in [1.82, 2.24) is 9.88 Å². The van der Waals surface area contributed by atoms with Crippen LogP contribution < -0.4 is 16.6 Å². The molecule has 0 unspecified atom stereocenters. The van der Waals surface area contributed by atoms with Gasteiger partial charge in [-0.05, 0) is 23.8 Å². The van der Waals surface area contributed by atoms with E-state index >= 15 is 0 Å². The van der Waals surface area contributed by atoms with Gasteiger partial charge < -0.3 is 11.1 Å². The summed E-state index contributed by atoms with van der Waals surface area (Å²) in [6, 6.07) is 9.73. The van der Waals surface area contributed by atoms with Crippen LogP contribution in [0.3, 0.4) is 0 Å². The molecule has 3 N–H and O–H groups in total. The van der Waals surface area contributed by atoms with Crippen LogP contribution in [0.25, 0.3) is 0 Å². The molecule has 0 spiro atoms. The molecule has 2 rings (SSSR count). The molecule has 0 aliphatic heterocycles. The molecule has 2 amide bonds. The van der Waals surface area contributed by atoms with Crippen molar-refractivity contribution in [3.05, 3.63) is 69.9 Å². The standard InChI is InChI=1S/C15H14FN3O3/c16-11-6-4-10(5-7-11)8-18-15(22)12-2-1-3-14(21)19(12)9-13(17)20/h1-7H,8-9H2,(H2,17,20)(H,18,22). The van der Waals surface area contributed by atoms with Crippen LogP contribution >= 0.6 is 0 Å². The Hall–Kier alpha value is -2.96. The zero-order chi connectivity index (χ0) is 16.1. The number of pyridine rings is 1. The van der Waals surface area contributed by atoms with Gasteiger partial charge in [-0.3, -0.25) is 19.0 Å². The molecule has 1 aromatic carbocycles. The van der Waals surface area contributed by atoms with Gasteiger partial charge in [0.05, 0.1) is 0 Å². The first kappa shape index (κ1) is 15.4. The van der Waals surface area contributed by atoms with Crippen molar-refractivity contribution in [2.24, 2.45) is 5.73 Å². The Bertz CT molecular complexity index is 753. The van der Waals surface area contributed by atoms with E-state index in [4.69, 9.17) is 5.73 Å². The maximum atomic E-state index is 12.8. The number of hydrogen-bond acceptors (Lipinski definition) is 3. The van der Waals surface area contributed by atoms with Crippen LogP contribution in [-0.2, 0) is 17.9 Å². The molecule has 0 saturated heterocycles. The molecule has 1 heterocycles. The van der Waals surface area contributed by atoms with Crippen LogP contribution in [0, 0.1) is 5.82 Å². The lowest BCUT2D eigenvalue weighted by Crippen LogP contribution is -2.35. The number of nitrogens with zero attached hydrogens (tertiary/aromatic N) is 1. The van der Waals surface area contributed by atoms with E-state index in [1.54, 1.807) is 0 Å². The molecule has 2 aromatic rings. The van der Waals surface area contributed by atoms with E-state index in [0.29, 0.717) is 5.56 Å². The van der Waals surface area contributed by atoms with Crippen LogP contribution in [0.1, 0.15) is 16.1 Å². The molecule has 1 aromatic heterocycles. The average Bonchev–Trinajstić information content (AvgIpc) is 2.48. The van der Waals surface area contributed by atoms with Gasteiger partial charge in [-0.1, -0.05) is 18.2 Å². The summed E-state index contributed by atoms with van der Waals surface area (Å²) in [6.45, 7) is -0.211. The van der Waals surface area contributed by atoms with Crippen LogP contribution in [0.5, 0.6) is 0 Å². The highest BCUT2D eigenvalue weighted by Crippen LogP contribution is 2.03. The van der Waals surface area contributed by atoms with E-state index in [2.05, 4.69) is 5.32 Å². The predicted octanol–water partition coefficient (Wildman–Crippen LogP) is 0.403. The van der Waals surface area contributed by atoms with Crippen molar-refractivity contribution in [1.29, 1.82) is 0 Å². The molecular formula is C15H14FN3O3. The maximum Gasteiger partial charge on any atom is 0.268 e. The van der Waals surface area contributed by atoms with Crippen LogP contribution in [-0.4, -0.2) is 16.4 Å². The van der Waals surface area contributed by atoms with Crippen molar-refractivity contribution < 1.29 is 14.0 Å². The third-order valence-corrected chi connectivity index (χ3v) is 2.96. The maximum absolute atomic E-state index is 12.8. The molecule has 0 saturated carbocycles. The van der Waals surface area contributed by atoms with Crippen LogP contribution in [0.2, 0.25) is 0 Å². The molecular weight excluding hydrogens is 289 g/mol. The highest BCUT2D eigenvalue weighted by atomic mass is 19.1. The highest BCUT2D eigenvalue weighted by Gasteiger charge is 2.13. The number of halogens is 1. The second-order valence-corrected chi connectivity index (χ2v) is 4.61. The quantitative estimate of drug-likeness (QED) is 0.837. The molecule has 0 radical (unpaired) electrons. The van der Waals surface area contributed by atoms with E-state index < -0.39 is 17.4 Å². The predicted molar refractivity (Wildman–Crippen MR) is 77.5 cm³/mol. The fourth-order valence-electron chi connectivity index (χ4n) is 1.91. The summed E-state index contributed by atoms with van der Waals surface area (Å²) in [7, 11) is 0. The molecule has 0 aliphatic rings.